The molecule has 0 spiro atoms. The Morgan fingerprint density at radius 2 is 1.50 bits per heavy atom. The second-order valence-electron chi connectivity index (χ2n) is 6.70. The van der Waals surface area contributed by atoms with Crippen molar-refractivity contribution in [2.24, 2.45) is 0 Å². The zero-order valence-electron chi connectivity index (χ0n) is 15.6. The molecule has 0 aliphatic rings. The molecule has 2 nitrogen and oxygen atoms in total. The zero-order valence-corrected chi connectivity index (χ0v) is 15.6. The molecule has 0 heterocycles. The zero-order chi connectivity index (χ0) is 22.1. The van der Waals surface area contributed by atoms with Gasteiger partial charge in [0, 0.05) is 12.1 Å². The van der Waals surface area contributed by atoms with E-state index in [4.69, 9.17) is 0 Å². The van der Waals surface area contributed by atoms with Gasteiger partial charge in [-0.05, 0) is 53.9 Å². The maximum Gasteiger partial charge on any atom is 0.416 e. The SMILES string of the molecule is Cc1cc(F)c(C(=O)Nc2ccc(Cc3ccccc3C(F)(F)F)c(F)c2)c(F)c1. The van der Waals surface area contributed by atoms with E-state index in [1.165, 1.54) is 37.3 Å². The lowest BCUT2D eigenvalue weighted by molar-refractivity contribution is -0.138. The van der Waals surface area contributed by atoms with Crippen LogP contribution in [0.25, 0.3) is 0 Å². The number of aryl methyl sites for hydroxylation is 1. The van der Waals surface area contributed by atoms with Crippen molar-refractivity contribution < 1.29 is 31.1 Å². The third-order valence-electron chi connectivity index (χ3n) is 4.43. The summed E-state index contributed by atoms with van der Waals surface area (Å²) >= 11 is 0. The summed E-state index contributed by atoms with van der Waals surface area (Å²) in [7, 11) is 0. The second kappa shape index (κ2) is 8.22. The van der Waals surface area contributed by atoms with E-state index in [9.17, 15) is 31.1 Å². The molecule has 1 amide bonds. The van der Waals surface area contributed by atoms with Gasteiger partial charge in [0.15, 0.2) is 0 Å². The van der Waals surface area contributed by atoms with Crippen molar-refractivity contribution >= 4 is 11.6 Å². The fourth-order valence-corrected chi connectivity index (χ4v) is 3.03. The van der Waals surface area contributed by atoms with Gasteiger partial charge in [0.1, 0.15) is 23.0 Å². The standard InChI is InChI=1S/C22H15F6NO/c1-12-8-18(24)20(19(25)9-12)21(30)29-15-7-6-14(17(23)11-15)10-13-4-2-3-5-16(13)22(26,27)28/h2-9,11H,10H2,1H3,(H,29,30). The molecule has 0 radical (unpaired) electrons. The van der Waals surface area contributed by atoms with Crippen LogP contribution in [0, 0.1) is 24.4 Å². The Labute approximate surface area is 168 Å². The first kappa shape index (κ1) is 21.4. The number of carbonyl (C=O) groups excluding carboxylic acids is 1. The molecule has 156 valence electrons. The number of halogens is 6. The Hall–Kier alpha value is -3.29. The van der Waals surface area contributed by atoms with Gasteiger partial charge in [-0.25, -0.2) is 13.2 Å². The molecule has 0 aliphatic heterocycles. The highest BCUT2D eigenvalue weighted by atomic mass is 19.4. The van der Waals surface area contributed by atoms with E-state index in [0.717, 1.165) is 24.3 Å². The summed E-state index contributed by atoms with van der Waals surface area (Å²) in [5, 5.41) is 2.19. The molecule has 0 atom stereocenters. The van der Waals surface area contributed by atoms with Crippen LogP contribution < -0.4 is 5.32 Å². The molecular weight excluding hydrogens is 408 g/mol. The van der Waals surface area contributed by atoms with Gasteiger partial charge in [-0.2, -0.15) is 13.2 Å². The topological polar surface area (TPSA) is 29.1 Å². The molecule has 0 aliphatic carbocycles. The van der Waals surface area contributed by atoms with E-state index in [1.54, 1.807) is 0 Å². The van der Waals surface area contributed by atoms with Gasteiger partial charge >= 0.3 is 6.18 Å². The number of nitrogens with one attached hydrogen (secondary N) is 1. The predicted molar refractivity (Wildman–Crippen MR) is 99.7 cm³/mol. The number of anilines is 1. The summed E-state index contributed by atoms with van der Waals surface area (Å²) in [6, 6.07) is 10.1. The third kappa shape index (κ3) is 4.64. The number of carbonyl (C=O) groups is 1. The Kier molecular flexibility index (Phi) is 5.87. The van der Waals surface area contributed by atoms with Crippen molar-refractivity contribution in [2.75, 3.05) is 5.32 Å². The van der Waals surface area contributed by atoms with E-state index in [0.29, 0.717) is 0 Å². The molecule has 1 N–H and O–H groups in total. The average molecular weight is 423 g/mol. The van der Waals surface area contributed by atoms with Crippen LogP contribution >= 0.6 is 0 Å². The lowest BCUT2D eigenvalue weighted by Gasteiger charge is -2.14. The van der Waals surface area contributed by atoms with Crippen molar-refractivity contribution in [2.45, 2.75) is 19.5 Å². The van der Waals surface area contributed by atoms with E-state index >= 15 is 0 Å². The number of hydrogen-bond donors (Lipinski definition) is 1. The van der Waals surface area contributed by atoms with Gasteiger partial charge in [0.25, 0.3) is 5.91 Å². The van der Waals surface area contributed by atoms with Gasteiger partial charge in [-0.1, -0.05) is 24.3 Å². The highest BCUT2D eigenvalue weighted by molar-refractivity contribution is 6.04. The molecule has 0 unspecified atom stereocenters. The number of alkyl halides is 3. The molecule has 3 rings (SSSR count). The summed E-state index contributed by atoms with van der Waals surface area (Å²) in [4.78, 5) is 12.2. The minimum absolute atomic E-state index is 0.0302. The molecule has 3 aromatic carbocycles. The lowest BCUT2D eigenvalue weighted by Crippen LogP contribution is -2.16. The Morgan fingerprint density at radius 3 is 2.10 bits per heavy atom. The summed E-state index contributed by atoms with van der Waals surface area (Å²) in [5.74, 6) is -4.11. The van der Waals surface area contributed by atoms with Crippen LogP contribution in [0.2, 0.25) is 0 Å². The quantitative estimate of drug-likeness (QED) is 0.492. The first-order valence-corrected chi connectivity index (χ1v) is 8.77. The smallest absolute Gasteiger partial charge is 0.322 e. The van der Waals surface area contributed by atoms with Crippen molar-refractivity contribution in [3.05, 3.63) is 99.9 Å². The minimum atomic E-state index is -4.58. The van der Waals surface area contributed by atoms with E-state index in [-0.39, 0.29) is 28.8 Å². The van der Waals surface area contributed by atoms with Crippen LogP contribution in [-0.4, -0.2) is 5.91 Å². The van der Waals surface area contributed by atoms with Crippen LogP contribution in [0.3, 0.4) is 0 Å². The monoisotopic (exact) mass is 423 g/mol. The van der Waals surface area contributed by atoms with Crippen LogP contribution in [0.15, 0.2) is 54.6 Å². The largest absolute Gasteiger partial charge is 0.416 e. The average Bonchev–Trinajstić information content (AvgIpc) is 2.62. The van der Waals surface area contributed by atoms with E-state index in [1.807, 2.05) is 0 Å². The van der Waals surface area contributed by atoms with Crippen molar-refractivity contribution in [1.82, 2.24) is 0 Å². The lowest BCUT2D eigenvalue weighted by atomic mass is 9.99. The second-order valence-corrected chi connectivity index (χ2v) is 6.70. The van der Waals surface area contributed by atoms with Crippen LogP contribution in [-0.2, 0) is 12.6 Å². The summed E-state index contributed by atoms with van der Waals surface area (Å²) in [5.41, 5.74) is -1.63. The van der Waals surface area contributed by atoms with Gasteiger partial charge in [-0.3, -0.25) is 4.79 Å². The number of benzene rings is 3. The number of rotatable bonds is 4. The maximum atomic E-state index is 14.4. The maximum absolute atomic E-state index is 14.4. The first-order valence-electron chi connectivity index (χ1n) is 8.77. The Morgan fingerprint density at radius 1 is 0.867 bits per heavy atom. The van der Waals surface area contributed by atoms with Gasteiger partial charge in [0.05, 0.1) is 5.56 Å². The Balaban J connectivity index is 1.83. The summed E-state index contributed by atoms with van der Waals surface area (Å²) in [6.45, 7) is 1.46. The highest BCUT2D eigenvalue weighted by Gasteiger charge is 2.33. The molecule has 8 heteroatoms. The van der Waals surface area contributed by atoms with Crippen molar-refractivity contribution in [3.63, 3.8) is 0 Å². The minimum Gasteiger partial charge on any atom is -0.322 e. The molecule has 30 heavy (non-hydrogen) atoms. The fourth-order valence-electron chi connectivity index (χ4n) is 3.03. The van der Waals surface area contributed by atoms with E-state index < -0.39 is 40.7 Å². The molecule has 0 bridgehead atoms. The van der Waals surface area contributed by atoms with Gasteiger partial charge in [-0.15, -0.1) is 0 Å². The Bertz CT molecular complexity index is 1080. The normalized spacial score (nSPS) is 11.4. The molecular formula is C22H15F6NO. The molecule has 0 aromatic heterocycles. The predicted octanol–water partition coefficient (Wildman–Crippen LogP) is 6.27. The third-order valence-corrected chi connectivity index (χ3v) is 4.43. The molecule has 0 saturated heterocycles. The van der Waals surface area contributed by atoms with Crippen LogP contribution in [0.5, 0.6) is 0 Å². The molecule has 3 aromatic rings. The van der Waals surface area contributed by atoms with Gasteiger partial charge in [0.2, 0.25) is 0 Å². The first-order chi connectivity index (χ1) is 14.1. The number of hydrogen-bond acceptors (Lipinski definition) is 1. The number of amides is 1. The van der Waals surface area contributed by atoms with Crippen molar-refractivity contribution in [1.29, 1.82) is 0 Å². The summed E-state index contributed by atoms with van der Waals surface area (Å²) < 4.78 is 81.6. The van der Waals surface area contributed by atoms with Crippen LogP contribution in [0.4, 0.5) is 32.0 Å². The van der Waals surface area contributed by atoms with E-state index in [2.05, 4.69) is 5.32 Å². The molecule has 0 fully saturated rings. The highest BCUT2D eigenvalue weighted by Crippen LogP contribution is 2.33. The summed E-state index contributed by atoms with van der Waals surface area (Å²) in [6.07, 6.45) is -4.90. The van der Waals surface area contributed by atoms with Crippen molar-refractivity contribution in [3.8, 4) is 0 Å². The molecule has 0 saturated carbocycles. The fraction of sp³-hybridized carbons (Fsp3) is 0.136. The van der Waals surface area contributed by atoms with Gasteiger partial charge < -0.3 is 5.32 Å². The van der Waals surface area contributed by atoms with Crippen LogP contribution in [0.1, 0.15) is 32.6 Å².